The number of hydrogen-bond donors (Lipinski definition) is 2. The average molecular weight is 368 g/mol. The number of aliphatic hydroxyl groups is 1. The minimum atomic E-state index is -3.47. The lowest BCUT2D eigenvalue weighted by atomic mass is 9.94. The van der Waals surface area contributed by atoms with E-state index in [1.807, 2.05) is 0 Å². The Morgan fingerprint density at radius 2 is 1.76 bits per heavy atom. The number of sulfonamides is 1. The van der Waals surface area contributed by atoms with Crippen LogP contribution in [0.5, 0.6) is 0 Å². The highest BCUT2D eigenvalue weighted by Crippen LogP contribution is 2.22. The summed E-state index contributed by atoms with van der Waals surface area (Å²) in [6, 6.07) is 5.94. The summed E-state index contributed by atoms with van der Waals surface area (Å²) in [7, 11) is -3.47. The molecule has 2 heterocycles. The maximum atomic E-state index is 12.5. The smallest absolute Gasteiger partial charge is 0.251 e. The predicted octanol–water partition coefficient (Wildman–Crippen LogP) is 0.742. The largest absolute Gasteiger partial charge is 0.388 e. The summed E-state index contributed by atoms with van der Waals surface area (Å²) in [5, 5.41) is 13.1. The van der Waals surface area contributed by atoms with Gasteiger partial charge in [0.2, 0.25) is 10.0 Å². The molecule has 1 amide bonds. The number of carbonyl (C=O) groups excluding carboxylic acids is 1. The van der Waals surface area contributed by atoms with Crippen molar-refractivity contribution in [2.75, 3.05) is 32.8 Å². The number of benzene rings is 1. The van der Waals surface area contributed by atoms with E-state index in [1.165, 1.54) is 28.6 Å². The topological polar surface area (TPSA) is 95.9 Å². The standard InChI is InChI=1S/C17H24N2O5S/c20-16(18-13-17(21)7-11-24-12-8-17)14-3-5-15(6-4-14)25(22,23)19-9-1-2-10-19/h3-6,21H,1-2,7-13H2,(H,18,20). The van der Waals surface area contributed by atoms with E-state index in [-0.39, 0.29) is 17.3 Å². The average Bonchev–Trinajstić information content (AvgIpc) is 3.16. The van der Waals surface area contributed by atoms with Crippen LogP contribution >= 0.6 is 0 Å². The molecule has 1 aromatic carbocycles. The summed E-state index contributed by atoms with van der Waals surface area (Å²) in [6.45, 7) is 2.22. The van der Waals surface area contributed by atoms with E-state index < -0.39 is 15.6 Å². The third-order valence-electron chi connectivity index (χ3n) is 4.82. The molecule has 1 aromatic rings. The highest BCUT2D eigenvalue weighted by atomic mass is 32.2. The van der Waals surface area contributed by atoms with Crippen molar-refractivity contribution >= 4 is 15.9 Å². The first-order valence-corrected chi connectivity index (χ1v) is 10.0. The molecule has 0 aromatic heterocycles. The Labute approximate surface area is 148 Å². The summed E-state index contributed by atoms with van der Waals surface area (Å²) in [5.41, 5.74) is -0.566. The van der Waals surface area contributed by atoms with E-state index >= 15 is 0 Å². The van der Waals surface area contributed by atoms with Crippen LogP contribution in [0.15, 0.2) is 29.2 Å². The van der Waals surface area contributed by atoms with Crippen molar-refractivity contribution in [2.45, 2.75) is 36.2 Å². The van der Waals surface area contributed by atoms with Crippen LogP contribution in [0.4, 0.5) is 0 Å². The Morgan fingerprint density at radius 3 is 2.36 bits per heavy atom. The fourth-order valence-electron chi connectivity index (χ4n) is 3.13. The fourth-order valence-corrected chi connectivity index (χ4v) is 4.65. The molecule has 138 valence electrons. The lowest BCUT2D eigenvalue weighted by molar-refractivity contribution is -0.0605. The van der Waals surface area contributed by atoms with Crippen LogP contribution in [0, 0.1) is 0 Å². The molecule has 25 heavy (non-hydrogen) atoms. The molecule has 7 nitrogen and oxygen atoms in total. The number of ether oxygens (including phenoxy) is 1. The van der Waals surface area contributed by atoms with Crippen molar-refractivity contribution in [1.29, 1.82) is 0 Å². The van der Waals surface area contributed by atoms with Gasteiger partial charge < -0.3 is 15.2 Å². The first-order valence-electron chi connectivity index (χ1n) is 8.59. The molecule has 2 aliphatic heterocycles. The first-order chi connectivity index (χ1) is 11.9. The fraction of sp³-hybridized carbons (Fsp3) is 0.588. The number of hydrogen-bond acceptors (Lipinski definition) is 5. The van der Waals surface area contributed by atoms with Gasteiger partial charge in [-0.3, -0.25) is 4.79 Å². The Bertz CT molecular complexity index is 705. The zero-order valence-corrected chi connectivity index (χ0v) is 14.9. The van der Waals surface area contributed by atoms with Gasteiger partial charge in [-0.05, 0) is 37.1 Å². The molecule has 0 bridgehead atoms. The number of carbonyl (C=O) groups is 1. The van der Waals surface area contributed by atoms with E-state index in [1.54, 1.807) is 0 Å². The van der Waals surface area contributed by atoms with Gasteiger partial charge in [-0.25, -0.2) is 8.42 Å². The third kappa shape index (κ3) is 4.20. The zero-order chi connectivity index (χ0) is 17.9. The zero-order valence-electron chi connectivity index (χ0n) is 14.1. The maximum absolute atomic E-state index is 12.5. The van der Waals surface area contributed by atoms with Gasteiger partial charge in [0, 0.05) is 51.3 Å². The molecule has 0 spiro atoms. The second kappa shape index (κ2) is 7.41. The molecule has 0 radical (unpaired) electrons. The molecule has 0 aliphatic carbocycles. The van der Waals surface area contributed by atoms with Crippen LogP contribution in [0.3, 0.4) is 0 Å². The Morgan fingerprint density at radius 1 is 1.16 bits per heavy atom. The minimum absolute atomic E-state index is 0.156. The molecule has 0 saturated carbocycles. The van der Waals surface area contributed by atoms with Crippen LogP contribution < -0.4 is 5.32 Å². The molecule has 8 heteroatoms. The van der Waals surface area contributed by atoms with Crippen molar-refractivity contribution in [3.63, 3.8) is 0 Å². The van der Waals surface area contributed by atoms with E-state index in [4.69, 9.17) is 4.74 Å². The molecule has 3 rings (SSSR count). The Balaban J connectivity index is 1.62. The molecule has 2 N–H and O–H groups in total. The monoisotopic (exact) mass is 368 g/mol. The molecular formula is C17H24N2O5S. The molecule has 0 atom stereocenters. The number of rotatable bonds is 5. The normalized spacial score (nSPS) is 21.2. The van der Waals surface area contributed by atoms with E-state index in [2.05, 4.69) is 5.32 Å². The summed E-state index contributed by atoms with van der Waals surface area (Å²) < 4.78 is 31.6. The van der Waals surface area contributed by atoms with Gasteiger partial charge in [0.25, 0.3) is 5.91 Å². The quantitative estimate of drug-likeness (QED) is 0.799. The first kappa shape index (κ1) is 18.3. The molecule has 2 fully saturated rings. The number of amides is 1. The van der Waals surface area contributed by atoms with Gasteiger partial charge in [-0.2, -0.15) is 4.31 Å². The Kier molecular flexibility index (Phi) is 5.43. The summed E-state index contributed by atoms with van der Waals surface area (Å²) >= 11 is 0. The summed E-state index contributed by atoms with van der Waals surface area (Å²) in [6.07, 6.45) is 2.74. The van der Waals surface area contributed by atoms with Crippen LogP contribution in [0.25, 0.3) is 0 Å². The molecular weight excluding hydrogens is 344 g/mol. The lowest BCUT2D eigenvalue weighted by Gasteiger charge is -2.32. The van der Waals surface area contributed by atoms with Crippen LogP contribution in [0.1, 0.15) is 36.0 Å². The van der Waals surface area contributed by atoms with Gasteiger partial charge in [0.1, 0.15) is 0 Å². The minimum Gasteiger partial charge on any atom is -0.388 e. The van der Waals surface area contributed by atoms with Crippen molar-refractivity contribution < 1.29 is 23.1 Å². The van der Waals surface area contributed by atoms with E-state index in [0.717, 1.165) is 12.8 Å². The van der Waals surface area contributed by atoms with Gasteiger partial charge in [0.05, 0.1) is 10.5 Å². The second-order valence-electron chi connectivity index (χ2n) is 6.65. The van der Waals surface area contributed by atoms with Gasteiger partial charge >= 0.3 is 0 Å². The molecule has 2 saturated heterocycles. The van der Waals surface area contributed by atoms with Crippen LogP contribution in [-0.4, -0.2) is 62.2 Å². The van der Waals surface area contributed by atoms with Crippen molar-refractivity contribution in [3.05, 3.63) is 29.8 Å². The number of nitrogens with one attached hydrogen (secondary N) is 1. The summed E-state index contributed by atoms with van der Waals surface area (Å²) in [4.78, 5) is 12.4. The van der Waals surface area contributed by atoms with Crippen LogP contribution in [0.2, 0.25) is 0 Å². The van der Waals surface area contributed by atoms with Gasteiger partial charge in [-0.15, -0.1) is 0 Å². The van der Waals surface area contributed by atoms with Crippen molar-refractivity contribution in [2.24, 2.45) is 0 Å². The van der Waals surface area contributed by atoms with Crippen molar-refractivity contribution in [3.8, 4) is 0 Å². The van der Waals surface area contributed by atoms with Crippen molar-refractivity contribution in [1.82, 2.24) is 9.62 Å². The van der Waals surface area contributed by atoms with Gasteiger partial charge in [-0.1, -0.05) is 0 Å². The highest BCUT2D eigenvalue weighted by Gasteiger charge is 2.30. The predicted molar refractivity (Wildman–Crippen MR) is 91.8 cm³/mol. The lowest BCUT2D eigenvalue weighted by Crippen LogP contribution is -2.46. The third-order valence-corrected chi connectivity index (χ3v) is 6.73. The van der Waals surface area contributed by atoms with E-state index in [9.17, 15) is 18.3 Å². The number of nitrogens with zero attached hydrogens (tertiary/aromatic N) is 1. The molecule has 0 unspecified atom stereocenters. The Hall–Kier alpha value is -1.48. The van der Waals surface area contributed by atoms with E-state index in [0.29, 0.717) is 44.7 Å². The summed E-state index contributed by atoms with van der Waals surface area (Å²) in [5.74, 6) is -0.329. The second-order valence-corrected chi connectivity index (χ2v) is 8.59. The SMILES string of the molecule is O=C(NCC1(O)CCOCC1)c1ccc(S(=O)(=O)N2CCCC2)cc1. The maximum Gasteiger partial charge on any atom is 0.251 e. The van der Waals surface area contributed by atoms with Gasteiger partial charge in [0.15, 0.2) is 0 Å². The highest BCUT2D eigenvalue weighted by molar-refractivity contribution is 7.89. The molecule has 2 aliphatic rings. The van der Waals surface area contributed by atoms with Crippen LogP contribution in [-0.2, 0) is 14.8 Å².